The van der Waals surface area contributed by atoms with Crippen LogP contribution in [-0.4, -0.2) is 35.4 Å². The van der Waals surface area contributed by atoms with Crippen LogP contribution in [0.3, 0.4) is 0 Å². The van der Waals surface area contributed by atoms with Gasteiger partial charge in [-0.3, -0.25) is 0 Å². The summed E-state index contributed by atoms with van der Waals surface area (Å²) in [5, 5.41) is 19.2. The predicted molar refractivity (Wildman–Crippen MR) is 111 cm³/mol. The van der Waals surface area contributed by atoms with E-state index in [9.17, 15) is 0 Å². The van der Waals surface area contributed by atoms with Crippen LogP contribution in [0.4, 0.5) is 0 Å². The summed E-state index contributed by atoms with van der Waals surface area (Å²) in [5.74, 6) is 2.24. The first-order valence-electron chi connectivity index (χ1n) is 9.84. The van der Waals surface area contributed by atoms with E-state index >= 15 is 0 Å². The Balaban J connectivity index is 1.74. The van der Waals surface area contributed by atoms with Crippen molar-refractivity contribution in [3.63, 3.8) is 0 Å². The first-order valence-corrected chi connectivity index (χ1v) is 9.84. The van der Waals surface area contributed by atoms with Crippen LogP contribution in [0.15, 0.2) is 48.5 Å². The highest BCUT2D eigenvalue weighted by Crippen LogP contribution is 2.32. The Hall–Kier alpha value is -3.39. The Bertz CT molecular complexity index is 1070. The summed E-state index contributed by atoms with van der Waals surface area (Å²) in [7, 11) is 0. The second-order valence-electron chi connectivity index (χ2n) is 6.85. The fourth-order valence-corrected chi connectivity index (χ4v) is 3.43. The number of nitrogens with zero attached hydrogens (tertiary/aromatic N) is 6. The Labute approximate surface area is 169 Å². The lowest BCUT2D eigenvalue weighted by molar-refractivity contribution is 0.615. The summed E-state index contributed by atoms with van der Waals surface area (Å²) in [6.45, 7) is 3.14. The molecule has 0 unspecified atom stereocenters. The molecule has 0 aliphatic carbocycles. The molecule has 0 bridgehead atoms. The van der Waals surface area contributed by atoms with Gasteiger partial charge in [-0.15, -0.1) is 10.2 Å². The zero-order valence-electron chi connectivity index (χ0n) is 16.4. The molecule has 8 nitrogen and oxygen atoms in total. The fraction of sp³-hybridized carbons (Fsp3) is 0.286. The summed E-state index contributed by atoms with van der Waals surface area (Å²) >= 11 is 0. The van der Waals surface area contributed by atoms with E-state index in [0.29, 0.717) is 24.7 Å². The van der Waals surface area contributed by atoms with Crippen LogP contribution < -0.4 is 5.73 Å². The van der Waals surface area contributed by atoms with Gasteiger partial charge in [0.25, 0.3) is 0 Å². The van der Waals surface area contributed by atoms with Gasteiger partial charge in [-0.05, 0) is 28.3 Å². The fourth-order valence-electron chi connectivity index (χ4n) is 3.43. The summed E-state index contributed by atoms with van der Waals surface area (Å²) < 4.78 is 1.98. The van der Waals surface area contributed by atoms with Crippen LogP contribution in [0.2, 0.25) is 0 Å². The number of nitrogens with two attached hydrogens (primary N) is 1. The zero-order chi connectivity index (χ0) is 20.1. The molecule has 148 valence electrons. The van der Waals surface area contributed by atoms with E-state index in [1.807, 2.05) is 35.0 Å². The molecule has 0 atom stereocenters. The third-order valence-electron chi connectivity index (χ3n) is 4.87. The topological polar surface area (TPSA) is 111 Å². The lowest BCUT2D eigenvalue weighted by Gasteiger charge is -2.13. The summed E-state index contributed by atoms with van der Waals surface area (Å²) in [6, 6.07) is 16.4. The Kier molecular flexibility index (Phi) is 5.71. The minimum Gasteiger partial charge on any atom is -0.324 e. The average molecular weight is 388 g/mol. The van der Waals surface area contributed by atoms with Gasteiger partial charge >= 0.3 is 0 Å². The Morgan fingerprint density at radius 2 is 1.76 bits per heavy atom. The van der Waals surface area contributed by atoms with E-state index in [0.717, 1.165) is 47.3 Å². The molecular weight excluding hydrogens is 364 g/mol. The van der Waals surface area contributed by atoms with Crippen LogP contribution in [0.1, 0.15) is 37.0 Å². The molecule has 8 heteroatoms. The number of hydrogen-bond acceptors (Lipinski definition) is 6. The second kappa shape index (κ2) is 8.74. The standard InChI is InChI=1S/C21H24N8/c1-2-3-12-20-23-19(13-22)26-29(20)14-15-8-4-5-9-16(15)17-10-6-7-11-18(17)21-24-27-28-25-21/h4-11H,2-3,12-14,22H2,1H3,(H,24,25,27,28). The van der Waals surface area contributed by atoms with Crippen molar-refractivity contribution in [2.24, 2.45) is 5.73 Å². The number of benzene rings is 2. The van der Waals surface area contributed by atoms with Crippen molar-refractivity contribution in [1.82, 2.24) is 35.4 Å². The van der Waals surface area contributed by atoms with Crippen molar-refractivity contribution in [3.05, 3.63) is 65.7 Å². The minimum atomic E-state index is 0.342. The largest absolute Gasteiger partial charge is 0.324 e. The smallest absolute Gasteiger partial charge is 0.205 e. The van der Waals surface area contributed by atoms with Crippen molar-refractivity contribution in [2.45, 2.75) is 39.3 Å². The highest BCUT2D eigenvalue weighted by molar-refractivity contribution is 5.82. The van der Waals surface area contributed by atoms with Gasteiger partial charge < -0.3 is 5.73 Å². The normalized spacial score (nSPS) is 11.1. The number of rotatable bonds is 8. The maximum Gasteiger partial charge on any atom is 0.205 e. The molecule has 29 heavy (non-hydrogen) atoms. The second-order valence-corrected chi connectivity index (χ2v) is 6.85. The summed E-state index contributed by atoms with van der Waals surface area (Å²) in [5.41, 5.74) is 10.0. The number of aryl methyl sites for hydroxylation is 1. The van der Waals surface area contributed by atoms with Gasteiger partial charge in [0.15, 0.2) is 5.82 Å². The highest BCUT2D eigenvalue weighted by atomic mass is 15.5. The molecule has 0 aliphatic heterocycles. The number of aromatic nitrogens is 7. The van der Waals surface area contributed by atoms with Crippen LogP contribution in [0.25, 0.3) is 22.5 Å². The van der Waals surface area contributed by atoms with Crippen LogP contribution >= 0.6 is 0 Å². The highest BCUT2D eigenvalue weighted by Gasteiger charge is 2.15. The van der Waals surface area contributed by atoms with E-state index in [1.54, 1.807) is 0 Å². The van der Waals surface area contributed by atoms with Gasteiger partial charge in [0.05, 0.1) is 13.1 Å². The third kappa shape index (κ3) is 4.07. The monoisotopic (exact) mass is 388 g/mol. The molecule has 0 saturated carbocycles. The maximum atomic E-state index is 5.79. The number of H-pyrrole nitrogens is 1. The van der Waals surface area contributed by atoms with E-state index in [4.69, 9.17) is 5.73 Å². The summed E-state index contributed by atoms with van der Waals surface area (Å²) in [4.78, 5) is 4.62. The van der Waals surface area contributed by atoms with Gasteiger partial charge in [0, 0.05) is 12.0 Å². The Morgan fingerprint density at radius 3 is 2.48 bits per heavy atom. The molecule has 0 amide bonds. The van der Waals surface area contributed by atoms with E-state index in [2.05, 4.69) is 55.8 Å². The SMILES string of the molecule is CCCCc1nc(CN)nn1Cc1ccccc1-c1ccccc1-c1nn[nH]n1. The number of unbranched alkanes of at least 4 members (excludes halogenated alkanes) is 1. The average Bonchev–Trinajstić information content (AvgIpc) is 3.43. The molecule has 0 fully saturated rings. The van der Waals surface area contributed by atoms with Crippen molar-refractivity contribution in [2.75, 3.05) is 0 Å². The molecule has 0 radical (unpaired) electrons. The van der Waals surface area contributed by atoms with Crippen molar-refractivity contribution in [3.8, 4) is 22.5 Å². The van der Waals surface area contributed by atoms with E-state index in [-0.39, 0.29) is 0 Å². The number of hydrogen-bond donors (Lipinski definition) is 2. The molecule has 2 heterocycles. The zero-order valence-corrected chi connectivity index (χ0v) is 16.4. The van der Waals surface area contributed by atoms with E-state index < -0.39 is 0 Å². The lowest BCUT2D eigenvalue weighted by atomic mass is 9.95. The first-order chi connectivity index (χ1) is 14.3. The molecule has 0 spiro atoms. The minimum absolute atomic E-state index is 0.342. The Morgan fingerprint density at radius 1 is 1.00 bits per heavy atom. The van der Waals surface area contributed by atoms with Gasteiger partial charge in [-0.1, -0.05) is 61.9 Å². The molecular formula is C21H24N8. The number of tetrazole rings is 1. The van der Waals surface area contributed by atoms with Crippen molar-refractivity contribution < 1.29 is 0 Å². The van der Waals surface area contributed by atoms with Gasteiger partial charge in [0.1, 0.15) is 5.82 Å². The molecule has 4 aromatic rings. The van der Waals surface area contributed by atoms with Crippen LogP contribution in [-0.2, 0) is 19.5 Å². The first kappa shape index (κ1) is 18.9. The van der Waals surface area contributed by atoms with Gasteiger partial charge in [-0.25, -0.2) is 9.67 Å². The maximum absolute atomic E-state index is 5.79. The lowest BCUT2D eigenvalue weighted by Crippen LogP contribution is -2.09. The van der Waals surface area contributed by atoms with Gasteiger partial charge in [0.2, 0.25) is 5.82 Å². The summed E-state index contributed by atoms with van der Waals surface area (Å²) in [6.07, 6.45) is 3.08. The molecule has 2 aromatic carbocycles. The molecule has 4 rings (SSSR count). The van der Waals surface area contributed by atoms with Crippen LogP contribution in [0.5, 0.6) is 0 Å². The molecule has 2 aromatic heterocycles. The van der Waals surface area contributed by atoms with Gasteiger partial charge in [-0.2, -0.15) is 10.3 Å². The van der Waals surface area contributed by atoms with E-state index in [1.165, 1.54) is 0 Å². The molecule has 3 N–H and O–H groups in total. The van der Waals surface area contributed by atoms with Crippen LogP contribution in [0, 0.1) is 0 Å². The van der Waals surface area contributed by atoms with Crippen molar-refractivity contribution >= 4 is 0 Å². The quantitative estimate of drug-likeness (QED) is 0.480. The number of aromatic amines is 1. The predicted octanol–water partition coefficient (Wildman–Crippen LogP) is 2.97. The van der Waals surface area contributed by atoms with Crippen molar-refractivity contribution in [1.29, 1.82) is 0 Å². The molecule has 0 saturated heterocycles. The molecule has 0 aliphatic rings. The number of nitrogens with one attached hydrogen (secondary N) is 1. The third-order valence-corrected chi connectivity index (χ3v) is 4.87.